The summed E-state index contributed by atoms with van der Waals surface area (Å²) in [5.74, 6) is -1.17. The lowest BCUT2D eigenvalue weighted by atomic mass is 10.0. The van der Waals surface area contributed by atoms with Crippen LogP contribution in [0.3, 0.4) is 0 Å². The Bertz CT molecular complexity index is 897. The van der Waals surface area contributed by atoms with Gasteiger partial charge in [-0.25, -0.2) is 4.79 Å². The summed E-state index contributed by atoms with van der Waals surface area (Å²) in [4.78, 5) is 37.6. The minimum Gasteiger partial charge on any atom is -0.493 e. The van der Waals surface area contributed by atoms with E-state index in [1.807, 2.05) is 30.3 Å². The number of carboxylic acid groups (broad SMARTS) is 1. The van der Waals surface area contributed by atoms with Gasteiger partial charge in [-0.3, -0.25) is 9.59 Å². The molecule has 1 aliphatic rings. The minimum atomic E-state index is -1.18. The molecule has 0 radical (unpaired) electrons. The molecule has 3 rings (SSSR count). The van der Waals surface area contributed by atoms with Gasteiger partial charge in [0.05, 0.1) is 13.2 Å². The van der Waals surface area contributed by atoms with Crippen molar-refractivity contribution >= 4 is 17.8 Å². The monoisotopic (exact) mass is 396 g/mol. The highest BCUT2D eigenvalue weighted by Crippen LogP contribution is 2.28. The number of carbonyl (C=O) groups is 3. The zero-order valence-corrected chi connectivity index (χ0v) is 16.3. The minimum absolute atomic E-state index is 0.194. The number of fused-ring (bicyclic) bond motifs is 1. The van der Waals surface area contributed by atoms with Crippen LogP contribution in [0.15, 0.2) is 48.5 Å². The zero-order chi connectivity index (χ0) is 20.8. The van der Waals surface area contributed by atoms with Crippen molar-refractivity contribution < 1.29 is 24.2 Å². The number of nitrogens with one attached hydrogen (secondary N) is 1. The molecule has 1 heterocycles. The topological polar surface area (TPSA) is 95.9 Å². The SMILES string of the molecule is CC(=O)N(CCc1ccccc1)CC(=O)NC(C(=O)O)c1ccc2c(c1)CCO2. The van der Waals surface area contributed by atoms with E-state index in [-0.39, 0.29) is 12.5 Å². The van der Waals surface area contributed by atoms with Crippen LogP contribution in [0.1, 0.15) is 29.7 Å². The van der Waals surface area contributed by atoms with E-state index in [9.17, 15) is 19.5 Å². The molecule has 0 spiro atoms. The predicted octanol–water partition coefficient (Wildman–Crippen LogP) is 1.95. The maximum atomic E-state index is 12.5. The highest BCUT2D eigenvalue weighted by molar-refractivity contribution is 5.88. The van der Waals surface area contributed by atoms with Gasteiger partial charge in [0.15, 0.2) is 6.04 Å². The van der Waals surface area contributed by atoms with Crippen molar-refractivity contribution in [1.82, 2.24) is 10.2 Å². The molecule has 0 fully saturated rings. The average Bonchev–Trinajstić information content (AvgIpc) is 3.17. The molecule has 0 aromatic heterocycles. The van der Waals surface area contributed by atoms with Crippen LogP contribution in [0.4, 0.5) is 0 Å². The Balaban J connectivity index is 1.64. The lowest BCUT2D eigenvalue weighted by Gasteiger charge is -2.22. The van der Waals surface area contributed by atoms with Gasteiger partial charge in [0.25, 0.3) is 0 Å². The third-order valence-electron chi connectivity index (χ3n) is 4.89. The van der Waals surface area contributed by atoms with Crippen LogP contribution >= 0.6 is 0 Å². The van der Waals surface area contributed by atoms with Crippen molar-refractivity contribution in [2.75, 3.05) is 19.7 Å². The number of aliphatic carboxylic acids is 1. The Morgan fingerprint density at radius 1 is 1.17 bits per heavy atom. The maximum Gasteiger partial charge on any atom is 0.330 e. The van der Waals surface area contributed by atoms with Gasteiger partial charge < -0.3 is 20.1 Å². The molecule has 2 aromatic rings. The molecule has 0 saturated carbocycles. The fourth-order valence-corrected chi connectivity index (χ4v) is 3.31. The number of carboxylic acids is 1. The highest BCUT2D eigenvalue weighted by atomic mass is 16.5. The molecule has 7 heteroatoms. The fraction of sp³-hybridized carbons (Fsp3) is 0.318. The maximum absolute atomic E-state index is 12.5. The largest absolute Gasteiger partial charge is 0.493 e. The number of nitrogens with zero attached hydrogens (tertiary/aromatic N) is 1. The van der Waals surface area contributed by atoms with E-state index in [0.717, 1.165) is 16.9 Å². The lowest BCUT2D eigenvalue weighted by molar-refractivity contribution is -0.142. The van der Waals surface area contributed by atoms with E-state index in [0.29, 0.717) is 31.6 Å². The number of hydrogen-bond acceptors (Lipinski definition) is 4. The van der Waals surface area contributed by atoms with E-state index >= 15 is 0 Å². The molecule has 1 unspecified atom stereocenters. The normalized spacial score (nSPS) is 13.1. The van der Waals surface area contributed by atoms with E-state index in [4.69, 9.17) is 4.74 Å². The standard InChI is InChI=1S/C22H24N2O5/c1-15(25)24(11-9-16-5-3-2-4-6-16)14-20(26)23-21(22(27)28)18-7-8-19-17(13-18)10-12-29-19/h2-8,13,21H,9-12,14H2,1H3,(H,23,26)(H,27,28). The van der Waals surface area contributed by atoms with Gasteiger partial charge in [-0.05, 0) is 35.2 Å². The first kappa shape index (κ1) is 20.4. The summed E-state index contributed by atoms with van der Waals surface area (Å²) in [6, 6.07) is 13.6. The molecular weight excluding hydrogens is 372 g/mol. The van der Waals surface area contributed by atoms with Gasteiger partial charge in [0.1, 0.15) is 5.75 Å². The van der Waals surface area contributed by atoms with Crippen LogP contribution in [-0.2, 0) is 27.2 Å². The van der Waals surface area contributed by atoms with Gasteiger partial charge in [0.2, 0.25) is 11.8 Å². The summed E-state index contributed by atoms with van der Waals surface area (Å²) in [5, 5.41) is 12.1. The van der Waals surface area contributed by atoms with E-state index < -0.39 is 17.9 Å². The second-order valence-electron chi connectivity index (χ2n) is 6.98. The summed E-state index contributed by atoms with van der Waals surface area (Å²) in [5.41, 5.74) is 2.47. The Kier molecular flexibility index (Phi) is 6.49. The number of benzene rings is 2. The van der Waals surface area contributed by atoms with E-state index in [1.54, 1.807) is 18.2 Å². The van der Waals surface area contributed by atoms with Crippen molar-refractivity contribution in [1.29, 1.82) is 0 Å². The molecular formula is C22H24N2O5. The van der Waals surface area contributed by atoms with Crippen LogP contribution in [-0.4, -0.2) is 47.5 Å². The molecule has 29 heavy (non-hydrogen) atoms. The number of ether oxygens (including phenoxy) is 1. The first-order chi connectivity index (χ1) is 13.9. The van der Waals surface area contributed by atoms with Crippen molar-refractivity contribution in [3.63, 3.8) is 0 Å². The van der Waals surface area contributed by atoms with Crippen LogP contribution in [0.25, 0.3) is 0 Å². The van der Waals surface area contributed by atoms with Gasteiger partial charge >= 0.3 is 5.97 Å². The molecule has 2 N–H and O–H groups in total. The molecule has 152 valence electrons. The van der Waals surface area contributed by atoms with Gasteiger partial charge in [-0.15, -0.1) is 0 Å². The molecule has 0 bridgehead atoms. The third kappa shape index (κ3) is 5.34. The first-order valence-corrected chi connectivity index (χ1v) is 9.51. The predicted molar refractivity (Wildman–Crippen MR) is 107 cm³/mol. The zero-order valence-electron chi connectivity index (χ0n) is 16.3. The fourth-order valence-electron chi connectivity index (χ4n) is 3.31. The Morgan fingerprint density at radius 2 is 1.93 bits per heavy atom. The van der Waals surface area contributed by atoms with Crippen LogP contribution in [0.2, 0.25) is 0 Å². The quantitative estimate of drug-likeness (QED) is 0.711. The molecule has 2 aromatic carbocycles. The lowest BCUT2D eigenvalue weighted by Crippen LogP contribution is -2.43. The average molecular weight is 396 g/mol. The number of hydrogen-bond donors (Lipinski definition) is 2. The Morgan fingerprint density at radius 3 is 2.62 bits per heavy atom. The third-order valence-corrected chi connectivity index (χ3v) is 4.89. The number of rotatable bonds is 8. The van der Waals surface area contributed by atoms with Gasteiger partial charge in [-0.2, -0.15) is 0 Å². The number of carbonyl (C=O) groups excluding carboxylic acids is 2. The van der Waals surface area contributed by atoms with E-state index in [1.165, 1.54) is 11.8 Å². The molecule has 0 saturated heterocycles. The first-order valence-electron chi connectivity index (χ1n) is 9.51. The second-order valence-corrected chi connectivity index (χ2v) is 6.98. The van der Waals surface area contributed by atoms with Crippen LogP contribution in [0.5, 0.6) is 5.75 Å². The van der Waals surface area contributed by atoms with Crippen LogP contribution < -0.4 is 10.1 Å². The van der Waals surface area contributed by atoms with Gasteiger partial charge in [0, 0.05) is 19.9 Å². The summed E-state index contributed by atoms with van der Waals surface area (Å²) >= 11 is 0. The second kappa shape index (κ2) is 9.23. The summed E-state index contributed by atoms with van der Waals surface area (Å²) < 4.78 is 5.44. The molecule has 7 nitrogen and oxygen atoms in total. The Hall–Kier alpha value is -3.35. The van der Waals surface area contributed by atoms with Crippen molar-refractivity contribution in [2.24, 2.45) is 0 Å². The van der Waals surface area contributed by atoms with Crippen molar-refractivity contribution in [2.45, 2.75) is 25.8 Å². The van der Waals surface area contributed by atoms with E-state index in [2.05, 4.69) is 5.32 Å². The molecule has 2 amide bonds. The van der Waals surface area contributed by atoms with Gasteiger partial charge in [-0.1, -0.05) is 36.4 Å². The Labute approximate surface area is 169 Å². The summed E-state index contributed by atoms with van der Waals surface area (Å²) in [6.07, 6.45) is 1.32. The molecule has 1 atom stereocenters. The molecule has 1 aliphatic heterocycles. The number of amides is 2. The van der Waals surface area contributed by atoms with Crippen molar-refractivity contribution in [3.05, 3.63) is 65.2 Å². The van der Waals surface area contributed by atoms with Crippen molar-refractivity contribution in [3.8, 4) is 5.75 Å². The summed E-state index contributed by atoms with van der Waals surface area (Å²) in [7, 11) is 0. The smallest absolute Gasteiger partial charge is 0.330 e. The summed E-state index contributed by atoms with van der Waals surface area (Å²) in [6.45, 7) is 2.14. The molecule has 0 aliphatic carbocycles. The van der Waals surface area contributed by atoms with Crippen LogP contribution in [0, 0.1) is 0 Å². The highest BCUT2D eigenvalue weighted by Gasteiger charge is 2.25.